The van der Waals surface area contributed by atoms with Crippen LogP contribution in [-0.4, -0.2) is 67.5 Å². The fourth-order valence-corrected chi connectivity index (χ4v) is 5.80. The van der Waals surface area contributed by atoms with E-state index in [1.807, 2.05) is 32.0 Å². The molecule has 2 saturated heterocycles. The number of amides is 1. The van der Waals surface area contributed by atoms with Gasteiger partial charge in [-0.3, -0.25) is 9.47 Å². The normalized spacial score (nSPS) is 22.5. The number of aromatic nitrogens is 5. The number of ether oxygens (including phenoxy) is 1. The molecule has 12 heteroatoms. The second-order valence-corrected chi connectivity index (χ2v) is 11.4. The van der Waals surface area contributed by atoms with Gasteiger partial charge in [-0.15, -0.1) is 10.2 Å². The highest BCUT2D eigenvalue weighted by atomic mass is 35.5. The lowest BCUT2D eigenvalue weighted by Gasteiger charge is -2.60. The molecule has 0 N–H and O–H groups in total. The van der Waals surface area contributed by atoms with Crippen molar-refractivity contribution in [1.82, 2.24) is 29.6 Å². The first-order valence-corrected chi connectivity index (χ1v) is 12.8. The van der Waals surface area contributed by atoms with Gasteiger partial charge in [-0.25, -0.2) is 19.2 Å². The van der Waals surface area contributed by atoms with Crippen LogP contribution in [0.25, 0.3) is 5.69 Å². The van der Waals surface area contributed by atoms with Crippen molar-refractivity contribution in [1.29, 1.82) is 0 Å². The predicted octanol–water partition coefficient (Wildman–Crippen LogP) is 3.74. The molecule has 3 aliphatic heterocycles. The molecule has 2 aromatic heterocycles. The van der Waals surface area contributed by atoms with Crippen LogP contribution < -0.4 is 9.80 Å². The van der Waals surface area contributed by atoms with E-state index < -0.39 is 5.82 Å². The number of fused-ring (bicyclic) bond motifs is 3. The lowest BCUT2D eigenvalue weighted by atomic mass is 9.73. The third kappa shape index (κ3) is 3.70. The Labute approximate surface area is 218 Å². The van der Waals surface area contributed by atoms with Crippen molar-refractivity contribution in [3.8, 4) is 5.69 Å². The zero-order chi connectivity index (χ0) is 25.5. The summed E-state index contributed by atoms with van der Waals surface area (Å²) >= 11 is 6.37. The highest BCUT2D eigenvalue weighted by Crippen LogP contribution is 2.45. The standard InChI is InChI=1S/C25H26ClFN8O2/c1-15-20-30-31-22(33-13-25(14-33)11-32(12-25)21-28-8-18(27)9-29-21)35(20)19-4-3-17(26)7-16(19)10-34(15)23(36)37-24(2)5-6-24/h3-4,7-9,15H,5-6,10-14H2,1-2H3. The Kier molecular flexibility index (Phi) is 4.77. The van der Waals surface area contributed by atoms with Gasteiger partial charge in [0.1, 0.15) is 5.60 Å². The zero-order valence-corrected chi connectivity index (χ0v) is 21.3. The highest BCUT2D eigenvalue weighted by molar-refractivity contribution is 6.30. The van der Waals surface area contributed by atoms with Gasteiger partial charge < -0.3 is 14.5 Å². The Morgan fingerprint density at radius 3 is 2.51 bits per heavy atom. The first kappa shape index (κ1) is 22.7. The molecule has 1 saturated carbocycles. The molecule has 0 radical (unpaired) electrons. The van der Waals surface area contributed by atoms with Crippen LogP contribution in [0.15, 0.2) is 30.6 Å². The molecule has 1 atom stereocenters. The molecule has 1 spiro atoms. The zero-order valence-electron chi connectivity index (χ0n) is 20.6. The molecular formula is C25H26ClFN8O2. The molecule has 1 amide bonds. The fraction of sp³-hybridized carbons (Fsp3) is 0.480. The summed E-state index contributed by atoms with van der Waals surface area (Å²) in [5.74, 6) is 1.54. The van der Waals surface area contributed by atoms with Crippen molar-refractivity contribution in [3.63, 3.8) is 0 Å². The summed E-state index contributed by atoms with van der Waals surface area (Å²) in [5.41, 5.74) is 1.56. The number of rotatable bonds is 3. The number of carbonyl (C=O) groups is 1. The molecular weight excluding hydrogens is 499 g/mol. The molecule has 4 aliphatic rings. The molecule has 1 unspecified atom stereocenters. The molecule has 5 heterocycles. The summed E-state index contributed by atoms with van der Waals surface area (Å²) in [6.07, 6.45) is 3.80. The van der Waals surface area contributed by atoms with Crippen LogP contribution in [0.3, 0.4) is 0 Å². The van der Waals surface area contributed by atoms with Crippen LogP contribution in [0.4, 0.5) is 21.1 Å². The van der Waals surface area contributed by atoms with Crippen LogP contribution in [-0.2, 0) is 11.3 Å². The average molecular weight is 525 g/mol. The largest absolute Gasteiger partial charge is 0.443 e. The van der Waals surface area contributed by atoms with E-state index in [9.17, 15) is 9.18 Å². The molecule has 192 valence electrons. The molecule has 3 aromatic rings. The fourth-order valence-electron chi connectivity index (χ4n) is 5.60. The molecule has 1 aromatic carbocycles. The molecule has 0 bridgehead atoms. The average Bonchev–Trinajstić information content (AvgIpc) is 3.41. The van der Waals surface area contributed by atoms with E-state index >= 15 is 0 Å². The van der Waals surface area contributed by atoms with Gasteiger partial charge in [0, 0.05) is 36.6 Å². The molecule has 10 nitrogen and oxygen atoms in total. The van der Waals surface area contributed by atoms with E-state index in [1.54, 1.807) is 4.90 Å². The van der Waals surface area contributed by atoms with Gasteiger partial charge in [-0.05, 0) is 50.5 Å². The molecule has 1 aliphatic carbocycles. The van der Waals surface area contributed by atoms with Crippen LogP contribution in [0.5, 0.6) is 0 Å². The second-order valence-electron chi connectivity index (χ2n) is 11.0. The number of hydrogen-bond donors (Lipinski definition) is 0. The van der Waals surface area contributed by atoms with Crippen molar-refractivity contribution >= 4 is 29.6 Å². The van der Waals surface area contributed by atoms with Crippen molar-refractivity contribution in [2.75, 3.05) is 36.0 Å². The van der Waals surface area contributed by atoms with Gasteiger partial charge in [0.2, 0.25) is 11.9 Å². The number of carbonyl (C=O) groups excluding carboxylic acids is 1. The summed E-state index contributed by atoms with van der Waals surface area (Å²) in [5, 5.41) is 9.73. The number of benzene rings is 1. The maximum absolute atomic E-state index is 13.2. The summed E-state index contributed by atoms with van der Waals surface area (Å²) < 4.78 is 21.0. The first-order chi connectivity index (χ1) is 17.7. The quantitative estimate of drug-likeness (QED) is 0.511. The van der Waals surface area contributed by atoms with E-state index in [0.29, 0.717) is 23.3 Å². The molecule has 3 fully saturated rings. The summed E-state index contributed by atoms with van der Waals surface area (Å²) in [7, 11) is 0. The lowest BCUT2D eigenvalue weighted by molar-refractivity contribution is 0.0453. The highest BCUT2D eigenvalue weighted by Gasteiger charge is 2.54. The van der Waals surface area contributed by atoms with Gasteiger partial charge >= 0.3 is 6.09 Å². The number of anilines is 2. The number of nitrogens with zero attached hydrogens (tertiary/aromatic N) is 8. The maximum atomic E-state index is 13.2. The minimum absolute atomic E-state index is 0.110. The minimum atomic E-state index is -0.439. The smallest absolute Gasteiger partial charge is 0.411 e. The molecule has 7 rings (SSSR count). The summed E-state index contributed by atoms with van der Waals surface area (Å²) in [6.45, 7) is 7.51. The van der Waals surface area contributed by atoms with Gasteiger partial charge in [0.25, 0.3) is 0 Å². The van der Waals surface area contributed by atoms with Gasteiger partial charge in [0.15, 0.2) is 11.6 Å². The van der Waals surface area contributed by atoms with E-state index in [4.69, 9.17) is 16.3 Å². The van der Waals surface area contributed by atoms with E-state index in [1.165, 1.54) is 12.4 Å². The monoisotopic (exact) mass is 524 g/mol. The SMILES string of the molecule is CC1c2nnc(N3CC4(CN(c5ncc(F)cn5)C4)C3)n2-c2ccc(Cl)cc2CN1C(=O)OC1(C)CC1. The van der Waals surface area contributed by atoms with E-state index in [-0.39, 0.29) is 23.2 Å². The van der Waals surface area contributed by atoms with Crippen LogP contribution in [0, 0.1) is 11.2 Å². The third-order valence-corrected chi connectivity index (χ3v) is 8.17. The Morgan fingerprint density at radius 1 is 1.11 bits per heavy atom. The topological polar surface area (TPSA) is 92.5 Å². The number of hydrogen-bond acceptors (Lipinski definition) is 8. The number of halogens is 2. The van der Waals surface area contributed by atoms with Gasteiger partial charge in [0.05, 0.1) is 30.7 Å². The van der Waals surface area contributed by atoms with Crippen molar-refractivity contribution in [3.05, 3.63) is 52.8 Å². The van der Waals surface area contributed by atoms with Gasteiger partial charge in [-0.1, -0.05) is 11.6 Å². The molecule has 37 heavy (non-hydrogen) atoms. The van der Waals surface area contributed by atoms with Crippen LogP contribution in [0.2, 0.25) is 5.02 Å². The Morgan fingerprint density at radius 2 is 1.81 bits per heavy atom. The minimum Gasteiger partial charge on any atom is -0.443 e. The van der Waals surface area contributed by atoms with Crippen LogP contribution in [0.1, 0.15) is 44.1 Å². The van der Waals surface area contributed by atoms with E-state index in [0.717, 1.165) is 56.2 Å². The summed E-state index contributed by atoms with van der Waals surface area (Å²) in [4.78, 5) is 27.4. The lowest BCUT2D eigenvalue weighted by Crippen LogP contribution is -2.73. The Balaban J connectivity index is 1.15. The third-order valence-electron chi connectivity index (χ3n) is 7.94. The maximum Gasteiger partial charge on any atom is 0.411 e. The predicted molar refractivity (Wildman–Crippen MR) is 133 cm³/mol. The van der Waals surface area contributed by atoms with Crippen LogP contribution >= 0.6 is 11.6 Å². The van der Waals surface area contributed by atoms with Crippen molar-refractivity contribution < 1.29 is 13.9 Å². The second kappa shape index (κ2) is 7.77. The summed E-state index contributed by atoms with van der Waals surface area (Å²) in [6, 6.07) is 5.37. The Bertz CT molecular complexity index is 1390. The van der Waals surface area contributed by atoms with E-state index in [2.05, 4.69) is 34.5 Å². The first-order valence-electron chi connectivity index (χ1n) is 12.4. The Hall–Kier alpha value is -3.47. The van der Waals surface area contributed by atoms with Gasteiger partial charge in [-0.2, -0.15) is 0 Å². The van der Waals surface area contributed by atoms with Crippen molar-refractivity contribution in [2.24, 2.45) is 5.41 Å². The van der Waals surface area contributed by atoms with Crippen molar-refractivity contribution in [2.45, 2.75) is 44.9 Å².